The van der Waals surface area contributed by atoms with E-state index in [-0.39, 0.29) is 18.8 Å². The molecule has 174 valence electrons. The molecule has 1 aliphatic rings. The number of rotatable bonds is 12. The summed E-state index contributed by atoms with van der Waals surface area (Å²) < 4.78 is 0. The van der Waals surface area contributed by atoms with Crippen LogP contribution < -0.4 is 11.5 Å². The number of nitrogens with two attached hydrogens (primary N) is 2. The monoisotopic (exact) mass is 433 g/mol. The second kappa shape index (κ2) is 11.6. The Bertz CT molecular complexity index is 706. The van der Waals surface area contributed by atoms with E-state index in [1.807, 2.05) is 19.9 Å². The number of pyridine rings is 1. The fraction of sp³-hybridized carbons (Fsp3) is 0.708. The molecular formula is C24H39N3O4. The summed E-state index contributed by atoms with van der Waals surface area (Å²) in [5.74, 6) is -1.54. The van der Waals surface area contributed by atoms with Crippen LogP contribution in [0.25, 0.3) is 0 Å². The number of aromatic nitrogens is 1. The zero-order chi connectivity index (χ0) is 23.0. The molecule has 31 heavy (non-hydrogen) atoms. The van der Waals surface area contributed by atoms with Crippen LogP contribution in [0.1, 0.15) is 70.8 Å². The third-order valence-corrected chi connectivity index (χ3v) is 6.76. The highest BCUT2D eigenvalue weighted by molar-refractivity contribution is 5.88. The second-order valence-corrected chi connectivity index (χ2v) is 9.74. The van der Waals surface area contributed by atoms with Crippen molar-refractivity contribution in [1.29, 1.82) is 0 Å². The summed E-state index contributed by atoms with van der Waals surface area (Å²) in [6.45, 7) is 3.93. The van der Waals surface area contributed by atoms with Crippen molar-refractivity contribution in [2.75, 3.05) is 0 Å². The Hall–Kier alpha value is -1.99. The molecule has 6 N–H and O–H groups in total. The molecule has 1 fully saturated rings. The molecule has 2 rings (SSSR count). The standard InChI is InChI=1S/C24H39N3O4/c1-16(2)11-20(28)22(30)19(12-17-7-4-3-5-8-17)24(23(26)31,14-21(25)29)13-18-9-6-10-27-15-18/h6,9-10,15-17,19-20,22,28,30H,3-5,7-8,11-14H2,1-2H3,(H2,25,29)(H2,26,31)/t19-,20+,22-,24-/m1/s1. The van der Waals surface area contributed by atoms with E-state index >= 15 is 0 Å². The Labute approximate surface area is 185 Å². The minimum atomic E-state index is -1.40. The van der Waals surface area contributed by atoms with Gasteiger partial charge in [0.25, 0.3) is 0 Å². The minimum absolute atomic E-state index is 0.141. The number of amides is 2. The van der Waals surface area contributed by atoms with Gasteiger partial charge in [-0.15, -0.1) is 0 Å². The lowest BCUT2D eigenvalue weighted by Crippen LogP contribution is -2.54. The largest absolute Gasteiger partial charge is 0.390 e. The van der Waals surface area contributed by atoms with Gasteiger partial charge < -0.3 is 21.7 Å². The molecule has 0 radical (unpaired) electrons. The molecular weight excluding hydrogens is 394 g/mol. The number of primary amides is 2. The lowest BCUT2D eigenvalue weighted by Gasteiger charge is -2.43. The molecule has 0 aromatic carbocycles. The van der Waals surface area contributed by atoms with Gasteiger partial charge in [-0.3, -0.25) is 14.6 Å². The zero-order valence-corrected chi connectivity index (χ0v) is 18.9. The van der Waals surface area contributed by atoms with Crippen molar-refractivity contribution >= 4 is 11.8 Å². The molecule has 1 heterocycles. The first-order chi connectivity index (χ1) is 14.7. The van der Waals surface area contributed by atoms with Gasteiger partial charge in [0, 0.05) is 24.7 Å². The van der Waals surface area contributed by atoms with E-state index in [1.165, 1.54) is 6.42 Å². The number of hydrogen-bond donors (Lipinski definition) is 4. The smallest absolute Gasteiger partial charge is 0.224 e. The van der Waals surface area contributed by atoms with Crippen LogP contribution in [-0.4, -0.2) is 39.2 Å². The molecule has 0 unspecified atom stereocenters. The van der Waals surface area contributed by atoms with Gasteiger partial charge in [-0.2, -0.15) is 0 Å². The van der Waals surface area contributed by atoms with E-state index in [0.717, 1.165) is 31.2 Å². The quantitative estimate of drug-likeness (QED) is 0.400. The van der Waals surface area contributed by atoms with Crippen LogP contribution in [0.2, 0.25) is 0 Å². The number of carbonyl (C=O) groups excluding carboxylic acids is 2. The summed E-state index contributed by atoms with van der Waals surface area (Å²) in [7, 11) is 0. The van der Waals surface area contributed by atoms with E-state index in [9.17, 15) is 19.8 Å². The first-order valence-corrected chi connectivity index (χ1v) is 11.5. The number of carbonyl (C=O) groups is 2. The van der Waals surface area contributed by atoms with Gasteiger partial charge in [-0.1, -0.05) is 52.0 Å². The first kappa shape index (κ1) is 25.3. The van der Waals surface area contributed by atoms with Gasteiger partial charge in [0.15, 0.2) is 0 Å². The predicted molar refractivity (Wildman–Crippen MR) is 120 cm³/mol. The molecule has 1 aromatic heterocycles. The van der Waals surface area contributed by atoms with Crippen molar-refractivity contribution in [2.24, 2.45) is 34.6 Å². The van der Waals surface area contributed by atoms with Gasteiger partial charge in [-0.25, -0.2) is 0 Å². The predicted octanol–water partition coefficient (Wildman–Crippen LogP) is 2.33. The number of aliphatic hydroxyl groups excluding tert-OH is 2. The van der Waals surface area contributed by atoms with Crippen molar-refractivity contribution in [3.05, 3.63) is 30.1 Å². The van der Waals surface area contributed by atoms with Crippen LogP contribution >= 0.6 is 0 Å². The van der Waals surface area contributed by atoms with E-state index < -0.39 is 35.4 Å². The van der Waals surface area contributed by atoms with E-state index in [4.69, 9.17) is 11.5 Å². The van der Waals surface area contributed by atoms with E-state index in [1.54, 1.807) is 18.5 Å². The Balaban J connectivity index is 2.50. The van der Waals surface area contributed by atoms with Crippen LogP contribution in [0.4, 0.5) is 0 Å². The van der Waals surface area contributed by atoms with Gasteiger partial charge >= 0.3 is 0 Å². The summed E-state index contributed by atoms with van der Waals surface area (Å²) >= 11 is 0. The van der Waals surface area contributed by atoms with E-state index in [2.05, 4.69) is 4.98 Å². The van der Waals surface area contributed by atoms with Gasteiger partial charge in [0.1, 0.15) is 0 Å². The summed E-state index contributed by atoms with van der Waals surface area (Å²) in [6.07, 6.45) is 7.21. The highest BCUT2D eigenvalue weighted by Crippen LogP contribution is 2.44. The molecule has 0 bridgehead atoms. The summed E-state index contributed by atoms with van der Waals surface area (Å²) in [5, 5.41) is 22.1. The SMILES string of the molecule is CC(C)C[C@H](O)[C@H](O)[C@@H](CC1CCCCC1)[C@](CC(N)=O)(Cc1cccnc1)C(N)=O. The molecule has 1 aliphatic carbocycles. The van der Waals surface area contributed by atoms with Crippen molar-refractivity contribution in [3.63, 3.8) is 0 Å². The van der Waals surface area contributed by atoms with Crippen LogP contribution in [0.5, 0.6) is 0 Å². The van der Waals surface area contributed by atoms with Crippen molar-refractivity contribution < 1.29 is 19.8 Å². The maximum absolute atomic E-state index is 13.0. The molecule has 1 saturated carbocycles. The number of nitrogens with zero attached hydrogens (tertiary/aromatic N) is 1. The topological polar surface area (TPSA) is 140 Å². The molecule has 7 nitrogen and oxygen atoms in total. The Kier molecular flexibility index (Phi) is 9.44. The maximum Gasteiger partial charge on any atom is 0.224 e. The van der Waals surface area contributed by atoms with E-state index in [0.29, 0.717) is 18.8 Å². The zero-order valence-electron chi connectivity index (χ0n) is 18.9. The van der Waals surface area contributed by atoms with Crippen LogP contribution in [0.15, 0.2) is 24.5 Å². The van der Waals surface area contributed by atoms with Crippen LogP contribution in [0, 0.1) is 23.2 Å². The van der Waals surface area contributed by atoms with Crippen molar-refractivity contribution in [2.45, 2.75) is 83.8 Å². The van der Waals surface area contributed by atoms with Gasteiger partial charge in [0.05, 0.1) is 17.6 Å². The highest BCUT2D eigenvalue weighted by Gasteiger charge is 2.50. The van der Waals surface area contributed by atoms with Crippen LogP contribution in [0.3, 0.4) is 0 Å². The molecule has 0 saturated heterocycles. The normalized spacial score (nSPS) is 20.0. The van der Waals surface area contributed by atoms with Crippen molar-refractivity contribution in [3.8, 4) is 0 Å². The second-order valence-electron chi connectivity index (χ2n) is 9.74. The molecule has 0 aliphatic heterocycles. The highest BCUT2D eigenvalue weighted by atomic mass is 16.3. The Morgan fingerprint density at radius 1 is 1.19 bits per heavy atom. The Morgan fingerprint density at radius 3 is 2.39 bits per heavy atom. The minimum Gasteiger partial charge on any atom is -0.390 e. The number of aliphatic hydroxyl groups is 2. The lowest BCUT2D eigenvalue weighted by atomic mass is 9.61. The summed E-state index contributed by atoms with van der Waals surface area (Å²) in [4.78, 5) is 29.2. The first-order valence-electron chi connectivity index (χ1n) is 11.5. The third-order valence-electron chi connectivity index (χ3n) is 6.76. The fourth-order valence-corrected chi connectivity index (χ4v) is 5.22. The maximum atomic E-state index is 13.0. The van der Waals surface area contributed by atoms with Crippen LogP contribution in [-0.2, 0) is 16.0 Å². The molecule has 2 amide bonds. The van der Waals surface area contributed by atoms with Gasteiger partial charge in [-0.05, 0) is 42.7 Å². The molecule has 1 aromatic rings. The third kappa shape index (κ3) is 7.01. The molecule has 4 atom stereocenters. The Morgan fingerprint density at radius 2 is 1.87 bits per heavy atom. The summed E-state index contributed by atoms with van der Waals surface area (Å²) in [5.41, 5.74) is 10.9. The van der Waals surface area contributed by atoms with Crippen molar-refractivity contribution in [1.82, 2.24) is 4.98 Å². The fourth-order valence-electron chi connectivity index (χ4n) is 5.22. The lowest BCUT2D eigenvalue weighted by molar-refractivity contribution is -0.145. The summed E-state index contributed by atoms with van der Waals surface area (Å²) in [6, 6.07) is 3.58. The average Bonchev–Trinajstić information content (AvgIpc) is 2.71. The average molecular weight is 434 g/mol. The molecule has 0 spiro atoms. The molecule has 7 heteroatoms. The number of hydrogen-bond acceptors (Lipinski definition) is 5. The van der Waals surface area contributed by atoms with Gasteiger partial charge in [0.2, 0.25) is 11.8 Å².